The summed E-state index contributed by atoms with van der Waals surface area (Å²) < 4.78 is 35.6. The maximum atomic E-state index is 11.9. The molecule has 1 aromatic rings. The Morgan fingerprint density at radius 2 is 2.17 bits per heavy atom. The zero-order valence-corrected chi connectivity index (χ0v) is 9.75. The van der Waals surface area contributed by atoms with E-state index in [0.717, 1.165) is 6.07 Å². The van der Waals surface area contributed by atoms with Crippen LogP contribution in [0.1, 0.15) is 12.8 Å². The van der Waals surface area contributed by atoms with Crippen molar-refractivity contribution in [2.24, 2.45) is 0 Å². The molecule has 0 unspecified atom stereocenters. The van der Waals surface area contributed by atoms with Crippen molar-refractivity contribution >= 4 is 23.1 Å². The topological polar surface area (TPSA) is 68.1 Å². The first-order valence-corrected chi connectivity index (χ1v) is 5.28. The summed E-state index contributed by atoms with van der Waals surface area (Å²) >= 11 is 5.54. The van der Waals surface area contributed by atoms with Crippen LogP contribution >= 0.6 is 11.6 Å². The normalized spacial score (nSPS) is 11.3. The van der Waals surface area contributed by atoms with Gasteiger partial charge in [0.15, 0.2) is 0 Å². The van der Waals surface area contributed by atoms with Crippen molar-refractivity contribution in [1.29, 1.82) is 0 Å². The Kier molecular flexibility index (Phi) is 4.71. The van der Waals surface area contributed by atoms with Crippen molar-refractivity contribution < 1.29 is 18.1 Å². The average Bonchev–Trinajstić information content (AvgIpc) is 2.24. The largest absolute Gasteiger partial charge is 0.389 e. The van der Waals surface area contributed by atoms with Gasteiger partial charge in [0.05, 0.1) is 9.95 Å². The number of nitro groups is 1. The number of aromatic nitrogens is 1. The molecule has 0 radical (unpaired) electrons. The van der Waals surface area contributed by atoms with E-state index in [2.05, 4.69) is 10.3 Å². The molecule has 0 aliphatic carbocycles. The Balaban J connectivity index is 2.59. The lowest BCUT2D eigenvalue weighted by Crippen LogP contribution is -2.12. The van der Waals surface area contributed by atoms with Gasteiger partial charge in [-0.25, -0.2) is 4.98 Å². The van der Waals surface area contributed by atoms with E-state index in [1.807, 2.05) is 0 Å². The molecule has 1 rings (SSSR count). The summed E-state index contributed by atoms with van der Waals surface area (Å²) in [5, 5.41) is 13.2. The van der Waals surface area contributed by atoms with E-state index in [9.17, 15) is 23.3 Å². The maximum absolute atomic E-state index is 11.9. The highest BCUT2D eigenvalue weighted by Crippen LogP contribution is 2.25. The van der Waals surface area contributed by atoms with Crippen LogP contribution in [0.5, 0.6) is 0 Å². The van der Waals surface area contributed by atoms with Gasteiger partial charge in [-0.05, 0) is 6.42 Å². The molecule has 9 heteroatoms. The maximum Gasteiger partial charge on any atom is 0.389 e. The first-order valence-electron chi connectivity index (χ1n) is 4.90. The van der Waals surface area contributed by atoms with Gasteiger partial charge in [0, 0.05) is 25.2 Å². The standard InChI is InChI=1S/C9H9ClF3N3O2/c10-6-4-7(16(17)18)8(15-5-6)14-3-1-2-9(11,12)13/h4-5H,1-3H2,(H,14,15). The molecule has 0 atom stereocenters. The highest BCUT2D eigenvalue weighted by Gasteiger charge is 2.26. The van der Waals surface area contributed by atoms with Gasteiger partial charge < -0.3 is 5.32 Å². The van der Waals surface area contributed by atoms with Crippen LogP contribution in [-0.4, -0.2) is 22.6 Å². The fraction of sp³-hybridized carbons (Fsp3) is 0.444. The minimum Gasteiger partial charge on any atom is -0.364 e. The average molecular weight is 284 g/mol. The fourth-order valence-electron chi connectivity index (χ4n) is 1.20. The predicted octanol–water partition coefficient (Wildman–Crippen LogP) is 3.40. The number of nitrogens with zero attached hydrogens (tertiary/aromatic N) is 2. The van der Waals surface area contributed by atoms with E-state index in [0.29, 0.717) is 0 Å². The molecule has 100 valence electrons. The second-order valence-electron chi connectivity index (χ2n) is 3.42. The van der Waals surface area contributed by atoms with Crippen LogP contribution in [0.4, 0.5) is 24.7 Å². The van der Waals surface area contributed by atoms with Crippen LogP contribution in [0.3, 0.4) is 0 Å². The summed E-state index contributed by atoms with van der Waals surface area (Å²) in [7, 11) is 0. The first kappa shape index (κ1) is 14.5. The molecule has 5 nitrogen and oxygen atoms in total. The zero-order chi connectivity index (χ0) is 13.8. The highest BCUT2D eigenvalue weighted by atomic mass is 35.5. The third-order valence-corrected chi connectivity index (χ3v) is 2.17. The van der Waals surface area contributed by atoms with Crippen molar-refractivity contribution in [2.45, 2.75) is 19.0 Å². The molecule has 0 aliphatic heterocycles. The van der Waals surface area contributed by atoms with Crippen LogP contribution in [-0.2, 0) is 0 Å². The summed E-state index contributed by atoms with van der Waals surface area (Å²) in [4.78, 5) is 13.6. The van der Waals surface area contributed by atoms with E-state index < -0.39 is 17.5 Å². The monoisotopic (exact) mass is 283 g/mol. The molecular formula is C9H9ClF3N3O2. The molecule has 1 aromatic heterocycles. The van der Waals surface area contributed by atoms with Gasteiger partial charge in [0.25, 0.3) is 0 Å². The van der Waals surface area contributed by atoms with Crippen molar-refractivity contribution in [3.8, 4) is 0 Å². The van der Waals surface area contributed by atoms with Crippen LogP contribution in [0.25, 0.3) is 0 Å². The van der Waals surface area contributed by atoms with E-state index in [1.54, 1.807) is 0 Å². The number of hydrogen-bond donors (Lipinski definition) is 1. The number of pyridine rings is 1. The summed E-state index contributed by atoms with van der Waals surface area (Å²) in [5.74, 6) is -0.0911. The fourth-order valence-corrected chi connectivity index (χ4v) is 1.35. The van der Waals surface area contributed by atoms with Crippen molar-refractivity contribution in [1.82, 2.24) is 4.98 Å². The Morgan fingerprint density at radius 1 is 1.50 bits per heavy atom. The van der Waals surface area contributed by atoms with E-state index in [-0.39, 0.29) is 29.5 Å². The second-order valence-corrected chi connectivity index (χ2v) is 3.86. The number of alkyl halides is 3. The molecule has 0 bridgehead atoms. The number of hydrogen-bond acceptors (Lipinski definition) is 4. The van der Waals surface area contributed by atoms with Crippen molar-refractivity contribution in [3.05, 3.63) is 27.4 Å². The number of halogens is 4. The Bertz CT molecular complexity index is 440. The molecule has 1 heterocycles. The molecule has 0 aromatic carbocycles. The third-order valence-electron chi connectivity index (χ3n) is 1.96. The molecule has 0 spiro atoms. The molecule has 0 saturated carbocycles. The van der Waals surface area contributed by atoms with Gasteiger partial charge in [-0.1, -0.05) is 11.6 Å². The minimum absolute atomic E-state index is 0.0605. The number of nitrogens with one attached hydrogen (secondary N) is 1. The smallest absolute Gasteiger partial charge is 0.364 e. The second kappa shape index (κ2) is 5.85. The van der Waals surface area contributed by atoms with Crippen molar-refractivity contribution in [3.63, 3.8) is 0 Å². The van der Waals surface area contributed by atoms with E-state index >= 15 is 0 Å². The van der Waals surface area contributed by atoms with Crippen LogP contribution in [0.2, 0.25) is 5.02 Å². The highest BCUT2D eigenvalue weighted by molar-refractivity contribution is 6.30. The van der Waals surface area contributed by atoms with Gasteiger partial charge in [-0.2, -0.15) is 13.2 Å². The lowest BCUT2D eigenvalue weighted by Gasteiger charge is -2.08. The minimum atomic E-state index is -4.24. The van der Waals surface area contributed by atoms with Crippen molar-refractivity contribution in [2.75, 3.05) is 11.9 Å². The van der Waals surface area contributed by atoms with E-state index in [1.165, 1.54) is 6.20 Å². The van der Waals surface area contributed by atoms with Gasteiger partial charge in [-0.3, -0.25) is 10.1 Å². The number of anilines is 1. The lowest BCUT2D eigenvalue weighted by atomic mass is 10.3. The quantitative estimate of drug-likeness (QED) is 0.511. The SMILES string of the molecule is O=[N+]([O-])c1cc(Cl)cnc1NCCCC(F)(F)F. The molecule has 0 fully saturated rings. The number of rotatable bonds is 5. The summed E-state index contributed by atoms with van der Waals surface area (Å²) in [6.07, 6.45) is -4.20. The van der Waals surface area contributed by atoms with Crippen LogP contribution < -0.4 is 5.32 Å². The molecular weight excluding hydrogens is 275 g/mol. The summed E-state index contributed by atoms with van der Waals surface area (Å²) in [6, 6.07) is 1.08. The van der Waals surface area contributed by atoms with Gasteiger partial charge >= 0.3 is 11.9 Å². The van der Waals surface area contributed by atoms with Crippen LogP contribution in [0, 0.1) is 10.1 Å². The van der Waals surface area contributed by atoms with E-state index in [4.69, 9.17) is 11.6 Å². The summed E-state index contributed by atoms with van der Waals surface area (Å²) in [5.41, 5.74) is -0.366. The Hall–Kier alpha value is -1.57. The molecule has 0 aliphatic rings. The predicted molar refractivity (Wildman–Crippen MR) is 59.7 cm³/mol. The third kappa shape index (κ3) is 4.74. The lowest BCUT2D eigenvalue weighted by molar-refractivity contribution is -0.384. The zero-order valence-electron chi connectivity index (χ0n) is 9.00. The van der Waals surface area contributed by atoms with Crippen LogP contribution in [0.15, 0.2) is 12.3 Å². The Labute approximate surface area is 105 Å². The van der Waals surface area contributed by atoms with Gasteiger partial charge in [0.1, 0.15) is 0 Å². The summed E-state index contributed by atoms with van der Waals surface area (Å²) in [6.45, 7) is -0.0605. The Morgan fingerprint density at radius 3 is 2.72 bits per heavy atom. The molecule has 0 saturated heterocycles. The van der Waals surface area contributed by atoms with Gasteiger partial charge in [-0.15, -0.1) is 0 Å². The molecule has 0 amide bonds. The molecule has 1 N–H and O–H groups in total. The molecule has 18 heavy (non-hydrogen) atoms. The first-order chi connectivity index (χ1) is 8.29. The van der Waals surface area contributed by atoms with Gasteiger partial charge in [0.2, 0.25) is 5.82 Å².